The van der Waals surface area contributed by atoms with E-state index < -0.39 is 0 Å². The van der Waals surface area contributed by atoms with Gasteiger partial charge in [0.25, 0.3) is 5.91 Å². The number of amides is 1. The Kier molecular flexibility index (Phi) is 5.61. The molecule has 1 aliphatic carbocycles. The zero-order valence-electron chi connectivity index (χ0n) is 20.5. The van der Waals surface area contributed by atoms with Crippen LogP contribution in [0.25, 0.3) is 28.0 Å². The zero-order valence-corrected chi connectivity index (χ0v) is 20.5. The number of nitrogens with zero attached hydrogens (tertiary/aromatic N) is 3. The first-order valence-corrected chi connectivity index (χ1v) is 12.5. The van der Waals surface area contributed by atoms with Crippen molar-refractivity contribution in [1.29, 1.82) is 0 Å². The number of nitrogens with one attached hydrogen (secondary N) is 1. The summed E-state index contributed by atoms with van der Waals surface area (Å²) in [5.74, 6) is -0.0900. The van der Waals surface area contributed by atoms with Crippen molar-refractivity contribution >= 4 is 16.9 Å². The van der Waals surface area contributed by atoms with Crippen molar-refractivity contribution in [3.63, 3.8) is 0 Å². The van der Waals surface area contributed by atoms with Gasteiger partial charge in [-0.1, -0.05) is 72.3 Å². The lowest BCUT2D eigenvalue weighted by Gasteiger charge is -2.26. The van der Waals surface area contributed by atoms with Gasteiger partial charge in [0.15, 0.2) is 5.65 Å². The molecule has 5 nitrogen and oxygen atoms in total. The molecule has 5 heteroatoms. The predicted molar refractivity (Wildman–Crippen MR) is 143 cm³/mol. The molecule has 3 aromatic carbocycles. The lowest BCUT2D eigenvalue weighted by atomic mass is 9.87. The molecular formula is C31H28N4O. The molecule has 1 N–H and O–H groups in total. The molecule has 0 radical (unpaired) electrons. The molecule has 0 spiro atoms. The van der Waals surface area contributed by atoms with E-state index in [2.05, 4.69) is 48.6 Å². The van der Waals surface area contributed by atoms with E-state index in [1.165, 1.54) is 16.7 Å². The summed E-state index contributed by atoms with van der Waals surface area (Å²) >= 11 is 0. The molecular weight excluding hydrogens is 444 g/mol. The Bertz CT molecular complexity index is 1570. The lowest BCUT2D eigenvalue weighted by molar-refractivity contribution is 0.0934. The largest absolute Gasteiger partial charge is 0.345 e. The van der Waals surface area contributed by atoms with E-state index in [0.29, 0.717) is 11.2 Å². The number of hydrogen-bond donors (Lipinski definition) is 1. The average molecular weight is 473 g/mol. The van der Waals surface area contributed by atoms with Gasteiger partial charge in [-0.3, -0.25) is 4.79 Å². The first-order valence-electron chi connectivity index (χ1n) is 12.5. The van der Waals surface area contributed by atoms with Gasteiger partial charge in [-0.25, -0.2) is 9.67 Å². The van der Waals surface area contributed by atoms with Crippen LogP contribution in [0.3, 0.4) is 0 Å². The fourth-order valence-electron chi connectivity index (χ4n) is 5.23. The molecule has 0 saturated heterocycles. The van der Waals surface area contributed by atoms with E-state index in [0.717, 1.165) is 47.3 Å². The number of pyridine rings is 1. The van der Waals surface area contributed by atoms with E-state index in [4.69, 9.17) is 10.1 Å². The van der Waals surface area contributed by atoms with Crippen LogP contribution in [-0.2, 0) is 6.42 Å². The molecule has 36 heavy (non-hydrogen) atoms. The van der Waals surface area contributed by atoms with Gasteiger partial charge in [0, 0.05) is 5.56 Å². The lowest BCUT2D eigenvalue weighted by Crippen LogP contribution is -2.31. The highest BCUT2D eigenvalue weighted by Gasteiger charge is 2.25. The Balaban J connectivity index is 1.50. The van der Waals surface area contributed by atoms with Gasteiger partial charge in [0.05, 0.1) is 34.1 Å². The van der Waals surface area contributed by atoms with E-state index in [1.807, 2.05) is 60.1 Å². The van der Waals surface area contributed by atoms with Crippen LogP contribution in [0.15, 0.2) is 84.9 Å². The topological polar surface area (TPSA) is 59.8 Å². The SMILES string of the molecule is Cc1ccc(-n2nc(C)c3c(C(=O)N[C@@H]4CCCc5ccccc54)cc(-c4ccccc4)nc32)cc1. The van der Waals surface area contributed by atoms with Crippen molar-refractivity contribution in [2.45, 2.75) is 39.2 Å². The maximum atomic E-state index is 13.9. The fraction of sp³-hybridized carbons (Fsp3) is 0.194. The van der Waals surface area contributed by atoms with Gasteiger partial charge >= 0.3 is 0 Å². The smallest absolute Gasteiger partial charge is 0.252 e. The van der Waals surface area contributed by atoms with Crippen LogP contribution in [0.4, 0.5) is 0 Å². The standard InChI is InChI=1S/C31H28N4O/c1-20-15-17-24(18-16-20)35-30-29(21(2)34-35)26(19-28(32-30)23-10-4-3-5-11-23)31(36)33-27-14-8-12-22-9-6-7-13-25(22)27/h3-7,9-11,13,15-19,27H,8,12,14H2,1-2H3,(H,33,36)/t27-/m1/s1. The summed E-state index contributed by atoms with van der Waals surface area (Å²) < 4.78 is 1.85. The molecule has 0 saturated carbocycles. The van der Waals surface area contributed by atoms with Crippen molar-refractivity contribution < 1.29 is 4.79 Å². The van der Waals surface area contributed by atoms with E-state index >= 15 is 0 Å². The van der Waals surface area contributed by atoms with Gasteiger partial charge in [0.2, 0.25) is 0 Å². The number of carbonyl (C=O) groups is 1. The Hall–Kier alpha value is -4.25. The first kappa shape index (κ1) is 22.2. The van der Waals surface area contributed by atoms with Gasteiger partial charge in [0.1, 0.15) is 0 Å². The van der Waals surface area contributed by atoms with Crippen molar-refractivity contribution in [2.75, 3.05) is 0 Å². The van der Waals surface area contributed by atoms with Crippen molar-refractivity contribution in [1.82, 2.24) is 20.1 Å². The second-order valence-electron chi connectivity index (χ2n) is 9.57. The molecule has 0 aliphatic heterocycles. The average Bonchev–Trinajstić information content (AvgIpc) is 3.25. The van der Waals surface area contributed by atoms with Crippen molar-refractivity contribution in [3.8, 4) is 16.9 Å². The van der Waals surface area contributed by atoms with Crippen LogP contribution < -0.4 is 5.32 Å². The number of carbonyl (C=O) groups excluding carboxylic acids is 1. The highest BCUT2D eigenvalue weighted by molar-refractivity contribution is 6.08. The molecule has 1 amide bonds. The minimum atomic E-state index is -0.0900. The minimum absolute atomic E-state index is 0.00158. The molecule has 5 aromatic rings. The Labute approximate surface area is 210 Å². The first-order chi connectivity index (χ1) is 17.6. The summed E-state index contributed by atoms with van der Waals surface area (Å²) in [6, 6.07) is 28.5. The van der Waals surface area contributed by atoms with E-state index in [-0.39, 0.29) is 11.9 Å². The molecule has 1 atom stereocenters. The number of hydrogen-bond acceptors (Lipinski definition) is 3. The number of fused-ring (bicyclic) bond motifs is 2. The van der Waals surface area contributed by atoms with Gasteiger partial charge in [-0.15, -0.1) is 0 Å². The van der Waals surface area contributed by atoms with Crippen LogP contribution >= 0.6 is 0 Å². The third-order valence-corrected chi connectivity index (χ3v) is 7.08. The van der Waals surface area contributed by atoms with E-state index in [9.17, 15) is 4.79 Å². The molecule has 2 heterocycles. The maximum absolute atomic E-state index is 13.9. The van der Waals surface area contributed by atoms with Crippen molar-refractivity contribution in [3.05, 3.63) is 113 Å². The normalized spacial score (nSPS) is 15.0. The summed E-state index contributed by atoms with van der Waals surface area (Å²) in [4.78, 5) is 18.9. The number of benzene rings is 3. The highest BCUT2D eigenvalue weighted by atomic mass is 16.1. The molecule has 0 unspecified atom stereocenters. The summed E-state index contributed by atoms with van der Waals surface area (Å²) in [7, 11) is 0. The van der Waals surface area contributed by atoms with Gasteiger partial charge < -0.3 is 5.32 Å². The van der Waals surface area contributed by atoms with Crippen LogP contribution in [0.2, 0.25) is 0 Å². The summed E-state index contributed by atoms with van der Waals surface area (Å²) in [5, 5.41) is 8.96. The summed E-state index contributed by atoms with van der Waals surface area (Å²) in [6.07, 6.45) is 3.06. The highest BCUT2D eigenvalue weighted by Crippen LogP contribution is 2.32. The third-order valence-electron chi connectivity index (χ3n) is 7.08. The van der Waals surface area contributed by atoms with Crippen LogP contribution in [0.1, 0.15) is 51.6 Å². The second kappa shape index (κ2) is 9.08. The number of aromatic nitrogens is 3. The van der Waals surface area contributed by atoms with Crippen LogP contribution in [0.5, 0.6) is 0 Å². The molecule has 0 bridgehead atoms. The monoisotopic (exact) mass is 472 g/mol. The third kappa shape index (κ3) is 3.97. The summed E-state index contributed by atoms with van der Waals surface area (Å²) in [5.41, 5.74) is 8.44. The minimum Gasteiger partial charge on any atom is -0.345 e. The number of rotatable bonds is 4. The molecule has 1 aliphatic rings. The number of aryl methyl sites for hydroxylation is 3. The molecule has 178 valence electrons. The predicted octanol–water partition coefficient (Wildman–Crippen LogP) is 6.51. The van der Waals surface area contributed by atoms with Crippen LogP contribution in [0, 0.1) is 13.8 Å². The van der Waals surface area contributed by atoms with Gasteiger partial charge in [-0.05, 0) is 62.4 Å². The molecule has 0 fully saturated rings. The molecule has 6 rings (SSSR count). The summed E-state index contributed by atoms with van der Waals surface area (Å²) in [6.45, 7) is 4.01. The fourth-order valence-corrected chi connectivity index (χ4v) is 5.23. The van der Waals surface area contributed by atoms with Crippen LogP contribution in [-0.4, -0.2) is 20.7 Å². The Morgan fingerprint density at radius 3 is 2.50 bits per heavy atom. The second-order valence-corrected chi connectivity index (χ2v) is 9.57. The quantitative estimate of drug-likeness (QED) is 0.324. The van der Waals surface area contributed by atoms with Gasteiger partial charge in [-0.2, -0.15) is 5.10 Å². The Morgan fingerprint density at radius 1 is 0.944 bits per heavy atom. The maximum Gasteiger partial charge on any atom is 0.252 e. The van der Waals surface area contributed by atoms with Crippen molar-refractivity contribution in [2.24, 2.45) is 0 Å². The Morgan fingerprint density at radius 2 is 1.69 bits per heavy atom. The van der Waals surface area contributed by atoms with E-state index in [1.54, 1.807) is 0 Å². The zero-order chi connectivity index (χ0) is 24.6. The molecule has 2 aromatic heterocycles.